The molecule has 5 heteroatoms. The number of phenolic OH excluding ortho intramolecular Hbond substituents is 1. The lowest BCUT2D eigenvalue weighted by molar-refractivity contribution is -0.142. The van der Waals surface area contributed by atoms with E-state index in [9.17, 15) is 19.8 Å². The molecule has 0 aromatic heterocycles. The van der Waals surface area contributed by atoms with Crippen molar-refractivity contribution in [2.75, 3.05) is 0 Å². The first kappa shape index (κ1) is 17.1. The van der Waals surface area contributed by atoms with Crippen molar-refractivity contribution < 1.29 is 19.8 Å². The number of amides is 1. The minimum absolute atomic E-state index is 0.129. The standard InChI is InChI=1S/C18H23NO4/c20-15-10-8-13(9-11-15)12-16(18(22)23)19-17(21)14-6-4-2-1-3-5-7-14/h4,6,8-11,14,16,20H,1-3,5,7,12H2,(H,19,21)(H,22,23)/t14?,16-/m0/s1. The van der Waals surface area contributed by atoms with Crippen LogP contribution < -0.4 is 5.32 Å². The van der Waals surface area contributed by atoms with Gasteiger partial charge in [-0.3, -0.25) is 4.79 Å². The molecule has 0 spiro atoms. The number of carboxylic acid groups (broad SMARTS) is 1. The van der Waals surface area contributed by atoms with E-state index in [4.69, 9.17) is 0 Å². The fraction of sp³-hybridized carbons (Fsp3) is 0.444. The van der Waals surface area contributed by atoms with E-state index in [0.29, 0.717) is 0 Å². The van der Waals surface area contributed by atoms with Gasteiger partial charge in [-0.15, -0.1) is 0 Å². The normalized spacial score (nSPS) is 19.4. The average Bonchev–Trinajstić information content (AvgIpc) is 2.48. The van der Waals surface area contributed by atoms with E-state index in [1.807, 2.05) is 12.2 Å². The highest BCUT2D eigenvalue weighted by molar-refractivity contribution is 5.86. The van der Waals surface area contributed by atoms with Crippen LogP contribution in [0.4, 0.5) is 0 Å². The van der Waals surface area contributed by atoms with Gasteiger partial charge in [0.2, 0.25) is 5.91 Å². The average molecular weight is 317 g/mol. The second-order valence-electron chi connectivity index (χ2n) is 5.94. The number of phenols is 1. The number of aliphatic carboxylic acids is 1. The summed E-state index contributed by atoms with van der Waals surface area (Å²) in [6, 6.07) is 5.37. The van der Waals surface area contributed by atoms with Crippen LogP contribution in [-0.4, -0.2) is 28.1 Å². The first-order chi connectivity index (χ1) is 11.1. The van der Waals surface area contributed by atoms with Crippen molar-refractivity contribution in [2.45, 2.75) is 44.6 Å². The Hall–Kier alpha value is -2.30. The fourth-order valence-corrected chi connectivity index (χ4v) is 2.72. The van der Waals surface area contributed by atoms with Gasteiger partial charge in [-0.25, -0.2) is 4.79 Å². The van der Waals surface area contributed by atoms with Gasteiger partial charge in [0.15, 0.2) is 0 Å². The third kappa shape index (κ3) is 5.43. The lowest BCUT2D eigenvalue weighted by Gasteiger charge is -2.19. The van der Waals surface area contributed by atoms with Gasteiger partial charge in [0.1, 0.15) is 11.8 Å². The number of carboxylic acids is 1. The van der Waals surface area contributed by atoms with Crippen LogP contribution in [0.25, 0.3) is 0 Å². The van der Waals surface area contributed by atoms with Crippen molar-refractivity contribution in [3.8, 4) is 5.75 Å². The summed E-state index contributed by atoms with van der Waals surface area (Å²) in [6.45, 7) is 0. The van der Waals surface area contributed by atoms with E-state index >= 15 is 0 Å². The Labute approximate surface area is 136 Å². The minimum atomic E-state index is -1.05. The van der Waals surface area contributed by atoms with Gasteiger partial charge in [0, 0.05) is 6.42 Å². The van der Waals surface area contributed by atoms with E-state index in [1.165, 1.54) is 12.1 Å². The Kier molecular flexibility index (Phi) is 6.20. The molecule has 0 heterocycles. The molecule has 1 aromatic carbocycles. The molecule has 1 aliphatic carbocycles. The predicted molar refractivity (Wildman–Crippen MR) is 87.1 cm³/mol. The molecule has 5 nitrogen and oxygen atoms in total. The van der Waals surface area contributed by atoms with Gasteiger partial charge < -0.3 is 15.5 Å². The molecule has 1 amide bonds. The molecule has 0 aliphatic heterocycles. The maximum absolute atomic E-state index is 12.4. The van der Waals surface area contributed by atoms with Gasteiger partial charge >= 0.3 is 5.97 Å². The van der Waals surface area contributed by atoms with E-state index in [1.54, 1.807) is 12.1 Å². The third-order valence-corrected chi connectivity index (χ3v) is 4.08. The molecular weight excluding hydrogens is 294 g/mol. The van der Waals surface area contributed by atoms with Crippen molar-refractivity contribution in [3.63, 3.8) is 0 Å². The van der Waals surface area contributed by atoms with Gasteiger partial charge in [0.05, 0.1) is 5.92 Å². The van der Waals surface area contributed by atoms with Crippen LogP contribution in [0.2, 0.25) is 0 Å². The molecule has 0 fully saturated rings. The zero-order valence-electron chi connectivity index (χ0n) is 13.1. The predicted octanol–water partition coefficient (Wildman–Crippen LogP) is 2.64. The summed E-state index contributed by atoms with van der Waals surface area (Å²) >= 11 is 0. The summed E-state index contributed by atoms with van der Waals surface area (Å²) in [5.41, 5.74) is 0.753. The van der Waals surface area contributed by atoms with Crippen LogP contribution in [0, 0.1) is 5.92 Å². The monoisotopic (exact) mass is 317 g/mol. The molecular formula is C18H23NO4. The third-order valence-electron chi connectivity index (χ3n) is 4.08. The SMILES string of the molecule is O=C(N[C@@H](Cc1ccc(O)cc1)C(=O)O)C1C=CCCCCC1. The lowest BCUT2D eigenvalue weighted by atomic mass is 9.95. The molecule has 124 valence electrons. The van der Waals surface area contributed by atoms with Crippen molar-refractivity contribution in [1.82, 2.24) is 5.32 Å². The topological polar surface area (TPSA) is 86.6 Å². The van der Waals surface area contributed by atoms with E-state index in [-0.39, 0.29) is 24.0 Å². The van der Waals surface area contributed by atoms with Gasteiger partial charge in [0.25, 0.3) is 0 Å². The summed E-state index contributed by atoms with van der Waals surface area (Å²) in [6.07, 6.45) is 9.06. The molecule has 2 atom stereocenters. The van der Waals surface area contributed by atoms with Crippen molar-refractivity contribution in [1.29, 1.82) is 0 Å². The molecule has 0 radical (unpaired) electrons. The van der Waals surface area contributed by atoms with Crippen LogP contribution in [-0.2, 0) is 16.0 Å². The lowest BCUT2D eigenvalue weighted by Crippen LogP contribution is -2.44. The second-order valence-corrected chi connectivity index (χ2v) is 5.94. The number of carbonyl (C=O) groups excluding carboxylic acids is 1. The van der Waals surface area contributed by atoms with Gasteiger partial charge in [-0.1, -0.05) is 37.1 Å². The summed E-state index contributed by atoms with van der Waals surface area (Å²) in [7, 11) is 0. The number of benzene rings is 1. The fourth-order valence-electron chi connectivity index (χ4n) is 2.72. The number of allylic oxidation sites excluding steroid dienone is 1. The molecule has 3 N–H and O–H groups in total. The van der Waals surface area contributed by atoms with Crippen LogP contribution in [0.3, 0.4) is 0 Å². The molecule has 1 unspecified atom stereocenters. The Bertz CT molecular complexity index is 565. The summed E-state index contributed by atoms with van der Waals surface area (Å²) in [5.74, 6) is -1.41. The summed E-state index contributed by atoms with van der Waals surface area (Å²) < 4.78 is 0. The maximum Gasteiger partial charge on any atom is 0.326 e. The van der Waals surface area contributed by atoms with Crippen LogP contribution in [0.1, 0.15) is 37.7 Å². The Balaban J connectivity index is 2.00. The van der Waals surface area contributed by atoms with Gasteiger partial charge in [-0.2, -0.15) is 0 Å². The quantitative estimate of drug-likeness (QED) is 0.729. The van der Waals surface area contributed by atoms with Crippen molar-refractivity contribution in [2.24, 2.45) is 5.92 Å². The Morgan fingerprint density at radius 1 is 1.17 bits per heavy atom. The zero-order chi connectivity index (χ0) is 16.7. The number of carbonyl (C=O) groups is 2. The van der Waals surface area contributed by atoms with Crippen LogP contribution in [0.15, 0.2) is 36.4 Å². The molecule has 1 aliphatic rings. The smallest absolute Gasteiger partial charge is 0.326 e. The number of nitrogens with one attached hydrogen (secondary N) is 1. The highest BCUT2D eigenvalue weighted by Crippen LogP contribution is 2.18. The maximum atomic E-state index is 12.4. The number of hydrogen-bond acceptors (Lipinski definition) is 3. The highest BCUT2D eigenvalue weighted by Gasteiger charge is 2.24. The Morgan fingerprint density at radius 3 is 2.61 bits per heavy atom. The first-order valence-corrected chi connectivity index (χ1v) is 8.04. The number of aromatic hydroxyl groups is 1. The van der Waals surface area contributed by atoms with Crippen molar-refractivity contribution in [3.05, 3.63) is 42.0 Å². The molecule has 0 saturated heterocycles. The Morgan fingerprint density at radius 2 is 1.91 bits per heavy atom. The molecule has 1 aromatic rings. The molecule has 23 heavy (non-hydrogen) atoms. The van der Waals surface area contributed by atoms with E-state index in [0.717, 1.165) is 37.7 Å². The molecule has 0 saturated carbocycles. The van der Waals surface area contributed by atoms with Crippen LogP contribution in [0.5, 0.6) is 5.75 Å². The van der Waals surface area contributed by atoms with Crippen molar-refractivity contribution >= 4 is 11.9 Å². The van der Waals surface area contributed by atoms with E-state index in [2.05, 4.69) is 5.32 Å². The zero-order valence-corrected chi connectivity index (χ0v) is 13.1. The summed E-state index contributed by atoms with van der Waals surface area (Å²) in [4.78, 5) is 23.8. The van der Waals surface area contributed by atoms with Crippen LogP contribution >= 0.6 is 0 Å². The first-order valence-electron chi connectivity index (χ1n) is 8.04. The minimum Gasteiger partial charge on any atom is -0.508 e. The summed E-state index contributed by atoms with van der Waals surface area (Å²) in [5, 5.41) is 21.3. The number of rotatable bonds is 5. The highest BCUT2D eigenvalue weighted by atomic mass is 16.4. The largest absolute Gasteiger partial charge is 0.508 e. The second kappa shape index (κ2) is 8.36. The van der Waals surface area contributed by atoms with Gasteiger partial charge in [-0.05, 0) is 37.0 Å². The molecule has 0 bridgehead atoms. The number of hydrogen-bond donors (Lipinski definition) is 3. The van der Waals surface area contributed by atoms with E-state index < -0.39 is 12.0 Å². The molecule has 2 rings (SSSR count).